The van der Waals surface area contributed by atoms with Gasteiger partial charge in [-0.15, -0.1) is 0 Å². The molecule has 1 saturated carbocycles. The molecule has 1 fully saturated rings. The van der Waals surface area contributed by atoms with E-state index in [4.69, 9.17) is 5.26 Å². The number of aliphatic hydroxyl groups is 1. The molecule has 36 heavy (non-hydrogen) atoms. The van der Waals surface area contributed by atoms with Crippen molar-refractivity contribution >= 4 is 11.6 Å². The molecular weight excluding hydrogens is 472 g/mol. The van der Waals surface area contributed by atoms with E-state index in [1.54, 1.807) is 30.3 Å². The molecule has 0 spiro atoms. The number of carbonyl (C=O) groups excluding carboxylic acids is 1. The van der Waals surface area contributed by atoms with Crippen LogP contribution in [-0.4, -0.2) is 16.6 Å². The molecule has 1 aliphatic rings. The van der Waals surface area contributed by atoms with Gasteiger partial charge in [0.05, 0.1) is 17.2 Å². The van der Waals surface area contributed by atoms with Crippen LogP contribution in [0.2, 0.25) is 0 Å². The Morgan fingerprint density at radius 1 is 1.00 bits per heavy atom. The number of nitriles is 1. The first-order valence-electron chi connectivity index (χ1n) is 11.0. The first kappa shape index (κ1) is 25.0. The molecule has 0 aliphatic heterocycles. The minimum absolute atomic E-state index is 0.205. The standard InChI is InChI=1S/C28H20F4N2O2/c29-24-11-8-21(28(30,31)32)16-23(24)26(14-15-26)18-27(36,13-12-19-4-2-1-3-5-19)25(35)34-22-9-6-20(17-33)7-10-22/h1-11,16,36H,14-15,18H2,(H,34,35). The van der Waals surface area contributed by atoms with Crippen LogP contribution in [0.4, 0.5) is 23.2 Å². The van der Waals surface area contributed by atoms with Crippen LogP contribution >= 0.6 is 0 Å². The van der Waals surface area contributed by atoms with Crippen molar-refractivity contribution in [3.8, 4) is 17.9 Å². The van der Waals surface area contributed by atoms with Crippen LogP contribution in [0.3, 0.4) is 0 Å². The number of hydrogen-bond acceptors (Lipinski definition) is 3. The minimum Gasteiger partial charge on any atom is -0.369 e. The second-order valence-electron chi connectivity index (χ2n) is 8.77. The molecule has 1 atom stereocenters. The van der Waals surface area contributed by atoms with Crippen LogP contribution in [0.5, 0.6) is 0 Å². The second kappa shape index (κ2) is 9.49. The molecular formula is C28H20F4N2O2. The number of nitrogens with zero attached hydrogens (tertiary/aromatic N) is 1. The Balaban J connectivity index is 1.70. The molecule has 8 heteroatoms. The van der Waals surface area contributed by atoms with Gasteiger partial charge in [0.25, 0.3) is 5.91 Å². The van der Waals surface area contributed by atoms with E-state index in [0.29, 0.717) is 17.2 Å². The number of halogens is 4. The highest BCUT2D eigenvalue weighted by Gasteiger charge is 2.53. The number of amides is 1. The highest BCUT2D eigenvalue weighted by atomic mass is 19.4. The van der Waals surface area contributed by atoms with Gasteiger partial charge in [-0.1, -0.05) is 30.0 Å². The number of benzene rings is 3. The summed E-state index contributed by atoms with van der Waals surface area (Å²) in [6.07, 6.45) is -4.51. The number of anilines is 1. The van der Waals surface area contributed by atoms with Crippen molar-refractivity contribution in [2.75, 3.05) is 5.32 Å². The smallest absolute Gasteiger partial charge is 0.369 e. The van der Waals surface area contributed by atoms with Crippen molar-refractivity contribution in [3.05, 3.63) is 101 Å². The van der Waals surface area contributed by atoms with E-state index in [1.807, 2.05) is 6.07 Å². The third-order valence-corrected chi connectivity index (χ3v) is 6.15. The third-order valence-electron chi connectivity index (χ3n) is 6.15. The molecule has 182 valence electrons. The Morgan fingerprint density at radius 2 is 1.67 bits per heavy atom. The lowest BCUT2D eigenvalue weighted by atomic mass is 9.81. The summed E-state index contributed by atoms with van der Waals surface area (Å²) >= 11 is 0. The molecule has 0 heterocycles. The zero-order valence-corrected chi connectivity index (χ0v) is 18.9. The van der Waals surface area contributed by atoms with Crippen molar-refractivity contribution in [1.82, 2.24) is 0 Å². The van der Waals surface area contributed by atoms with Gasteiger partial charge in [-0.3, -0.25) is 4.79 Å². The topological polar surface area (TPSA) is 73.1 Å². The fraction of sp³-hybridized carbons (Fsp3) is 0.214. The summed E-state index contributed by atoms with van der Waals surface area (Å²) in [4.78, 5) is 13.3. The molecule has 0 bridgehead atoms. The van der Waals surface area contributed by atoms with Gasteiger partial charge in [-0.25, -0.2) is 4.39 Å². The Bertz CT molecular complexity index is 1380. The molecule has 4 nitrogen and oxygen atoms in total. The first-order valence-corrected chi connectivity index (χ1v) is 11.0. The molecule has 2 N–H and O–H groups in total. The van der Waals surface area contributed by atoms with Gasteiger partial charge >= 0.3 is 6.18 Å². The van der Waals surface area contributed by atoms with Gasteiger partial charge in [-0.05, 0) is 73.0 Å². The maximum atomic E-state index is 14.7. The Morgan fingerprint density at radius 3 is 2.25 bits per heavy atom. The number of rotatable bonds is 5. The molecule has 0 aromatic heterocycles. The molecule has 0 radical (unpaired) electrons. The lowest BCUT2D eigenvalue weighted by Crippen LogP contribution is -2.44. The molecule has 1 amide bonds. The lowest BCUT2D eigenvalue weighted by molar-refractivity contribution is -0.137. The Hall–Kier alpha value is -4.14. The molecule has 0 saturated heterocycles. The van der Waals surface area contributed by atoms with Gasteiger partial charge in [0.1, 0.15) is 5.82 Å². The SMILES string of the molecule is N#Cc1ccc(NC(=O)C(O)(C#Cc2ccccc2)CC2(c3cc(C(F)(F)F)ccc3F)CC2)cc1. The number of alkyl halides is 3. The summed E-state index contributed by atoms with van der Waals surface area (Å²) in [6, 6.07) is 18.6. The van der Waals surface area contributed by atoms with Crippen molar-refractivity contribution in [2.45, 2.75) is 36.5 Å². The van der Waals surface area contributed by atoms with Crippen LogP contribution in [-0.2, 0) is 16.4 Å². The zero-order chi connectivity index (χ0) is 26.0. The highest BCUT2D eigenvalue weighted by Crippen LogP contribution is 2.55. The summed E-state index contributed by atoms with van der Waals surface area (Å²) < 4.78 is 54.6. The summed E-state index contributed by atoms with van der Waals surface area (Å²) in [5, 5.41) is 23.0. The molecule has 3 aromatic rings. The first-order chi connectivity index (χ1) is 17.0. The monoisotopic (exact) mass is 492 g/mol. The average molecular weight is 492 g/mol. The molecule has 4 rings (SSSR count). The van der Waals surface area contributed by atoms with Crippen molar-refractivity contribution in [3.63, 3.8) is 0 Å². The summed E-state index contributed by atoms with van der Waals surface area (Å²) in [5.41, 5.74) is -3.58. The molecule has 1 aliphatic carbocycles. The van der Waals surface area contributed by atoms with Crippen molar-refractivity contribution in [2.24, 2.45) is 0 Å². The summed E-state index contributed by atoms with van der Waals surface area (Å²) in [5.74, 6) is 3.58. The van der Waals surface area contributed by atoms with Crippen LogP contribution in [0.25, 0.3) is 0 Å². The predicted octanol–water partition coefficient (Wildman–Crippen LogP) is 5.56. The van der Waals surface area contributed by atoms with E-state index in [9.17, 15) is 27.5 Å². The Kier molecular flexibility index (Phi) is 6.58. The highest BCUT2D eigenvalue weighted by molar-refractivity contribution is 6.00. The normalized spacial score (nSPS) is 15.6. The van der Waals surface area contributed by atoms with Crippen LogP contribution < -0.4 is 5.32 Å². The van der Waals surface area contributed by atoms with Gasteiger partial charge in [0.15, 0.2) is 0 Å². The summed E-state index contributed by atoms with van der Waals surface area (Å²) in [6.45, 7) is 0. The molecule has 1 unspecified atom stereocenters. The van der Waals surface area contributed by atoms with E-state index in [0.717, 1.165) is 12.1 Å². The Labute approximate surface area is 205 Å². The minimum atomic E-state index is -4.67. The van der Waals surface area contributed by atoms with Crippen LogP contribution in [0.1, 0.15) is 41.5 Å². The maximum Gasteiger partial charge on any atom is 0.416 e. The van der Waals surface area contributed by atoms with Gasteiger partial charge in [0.2, 0.25) is 5.60 Å². The van der Waals surface area contributed by atoms with Crippen molar-refractivity contribution < 1.29 is 27.5 Å². The largest absolute Gasteiger partial charge is 0.416 e. The van der Waals surface area contributed by atoms with Gasteiger partial charge in [0, 0.05) is 23.1 Å². The van der Waals surface area contributed by atoms with E-state index in [1.165, 1.54) is 24.3 Å². The second-order valence-corrected chi connectivity index (χ2v) is 8.77. The van der Waals surface area contributed by atoms with Crippen LogP contribution in [0.15, 0.2) is 72.8 Å². The van der Waals surface area contributed by atoms with Crippen molar-refractivity contribution in [1.29, 1.82) is 5.26 Å². The fourth-order valence-corrected chi connectivity index (χ4v) is 4.03. The van der Waals surface area contributed by atoms with Crippen LogP contribution in [0, 0.1) is 29.0 Å². The third kappa shape index (κ3) is 5.40. The van der Waals surface area contributed by atoms with E-state index in [-0.39, 0.29) is 24.1 Å². The van der Waals surface area contributed by atoms with E-state index in [2.05, 4.69) is 17.2 Å². The number of nitrogens with one attached hydrogen (secondary N) is 1. The lowest BCUT2D eigenvalue weighted by Gasteiger charge is -2.28. The van der Waals surface area contributed by atoms with Gasteiger partial charge < -0.3 is 10.4 Å². The van der Waals surface area contributed by atoms with E-state index >= 15 is 0 Å². The average Bonchev–Trinajstić information content (AvgIpc) is 3.63. The summed E-state index contributed by atoms with van der Waals surface area (Å²) in [7, 11) is 0. The number of carbonyl (C=O) groups is 1. The fourth-order valence-electron chi connectivity index (χ4n) is 4.03. The maximum absolute atomic E-state index is 14.7. The predicted molar refractivity (Wildman–Crippen MR) is 125 cm³/mol. The number of hydrogen-bond donors (Lipinski definition) is 2. The molecule has 3 aromatic carbocycles. The quantitative estimate of drug-likeness (QED) is 0.362. The van der Waals surface area contributed by atoms with E-state index < -0.39 is 40.9 Å². The van der Waals surface area contributed by atoms with Gasteiger partial charge in [-0.2, -0.15) is 18.4 Å². The zero-order valence-electron chi connectivity index (χ0n) is 18.9.